The fourth-order valence-corrected chi connectivity index (χ4v) is 3.92. The van der Waals surface area contributed by atoms with Crippen molar-refractivity contribution in [3.8, 4) is 11.1 Å². The maximum absolute atomic E-state index is 13.9. The van der Waals surface area contributed by atoms with Gasteiger partial charge in [-0.15, -0.1) is 0 Å². The number of nitrogens with zero attached hydrogens (tertiary/aromatic N) is 1. The summed E-state index contributed by atoms with van der Waals surface area (Å²) in [5, 5.41) is 2.73. The van der Waals surface area contributed by atoms with Gasteiger partial charge in [-0.2, -0.15) is 8.78 Å². The minimum absolute atomic E-state index is 0.0970. The molecule has 0 spiro atoms. The van der Waals surface area contributed by atoms with Gasteiger partial charge < -0.3 is 10.1 Å². The smallest absolute Gasteiger partial charge is 0.338 e. The average Bonchev–Trinajstić information content (AvgIpc) is 3.67. The zero-order valence-corrected chi connectivity index (χ0v) is 19.0. The van der Waals surface area contributed by atoms with Crippen LogP contribution in [0.3, 0.4) is 0 Å². The molecular formula is C26H22F4N2O3. The third-order valence-electron chi connectivity index (χ3n) is 6.23. The second kappa shape index (κ2) is 9.13. The van der Waals surface area contributed by atoms with E-state index in [1.807, 2.05) is 0 Å². The van der Waals surface area contributed by atoms with Gasteiger partial charge in [0.25, 0.3) is 5.92 Å². The van der Waals surface area contributed by atoms with Crippen LogP contribution in [0.4, 0.5) is 23.2 Å². The van der Waals surface area contributed by atoms with Gasteiger partial charge in [0, 0.05) is 23.9 Å². The van der Waals surface area contributed by atoms with Gasteiger partial charge in [-0.05, 0) is 54.3 Å². The number of methoxy groups -OCH3 is 1. The predicted molar refractivity (Wildman–Crippen MR) is 121 cm³/mol. The zero-order chi connectivity index (χ0) is 25.4. The zero-order valence-electron chi connectivity index (χ0n) is 19.0. The van der Waals surface area contributed by atoms with Crippen molar-refractivity contribution in [3.05, 3.63) is 83.2 Å². The molecule has 2 aromatic carbocycles. The van der Waals surface area contributed by atoms with Gasteiger partial charge in [0.15, 0.2) is 11.6 Å². The highest BCUT2D eigenvalue weighted by atomic mass is 19.3. The van der Waals surface area contributed by atoms with E-state index in [1.165, 1.54) is 44.5 Å². The van der Waals surface area contributed by atoms with Crippen molar-refractivity contribution in [2.45, 2.75) is 37.5 Å². The number of aromatic nitrogens is 1. The lowest BCUT2D eigenvalue weighted by atomic mass is 9.94. The summed E-state index contributed by atoms with van der Waals surface area (Å²) in [4.78, 5) is 29.4. The number of hydrogen-bond donors (Lipinski definition) is 1. The molecule has 1 aliphatic carbocycles. The molecule has 1 heterocycles. The second-order valence-electron chi connectivity index (χ2n) is 8.41. The first-order chi connectivity index (χ1) is 16.6. The van der Waals surface area contributed by atoms with E-state index >= 15 is 0 Å². The molecule has 0 radical (unpaired) electrons. The standard InChI is InChI=1S/C26H22F4N2O3/c1-3-26(29,30)22-9-4-15(14-31-22)18-7-6-17(13-19(18)23(33)35-2)32-24(34)25(10-11-25)16-5-8-20(27)21(28)12-16/h4-9,12-14H,3,10-11H2,1-2H3,(H,32,34). The first kappa shape index (κ1) is 24.4. The topological polar surface area (TPSA) is 68.3 Å². The molecule has 1 saturated carbocycles. The van der Waals surface area contributed by atoms with Gasteiger partial charge in [0.2, 0.25) is 5.91 Å². The highest BCUT2D eigenvalue weighted by Crippen LogP contribution is 2.49. The number of alkyl halides is 2. The molecule has 1 N–H and O–H groups in total. The van der Waals surface area contributed by atoms with Crippen molar-refractivity contribution < 1.29 is 31.9 Å². The Morgan fingerprint density at radius 3 is 2.37 bits per heavy atom. The Morgan fingerprint density at radius 2 is 1.80 bits per heavy atom. The Kier molecular flexibility index (Phi) is 6.36. The van der Waals surface area contributed by atoms with Crippen molar-refractivity contribution in [2.75, 3.05) is 12.4 Å². The largest absolute Gasteiger partial charge is 0.465 e. The normalized spacial score (nSPS) is 14.3. The van der Waals surface area contributed by atoms with E-state index < -0.39 is 41.3 Å². The highest BCUT2D eigenvalue weighted by molar-refractivity contribution is 6.03. The lowest BCUT2D eigenvalue weighted by Gasteiger charge is -2.17. The number of rotatable bonds is 7. The van der Waals surface area contributed by atoms with E-state index in [2.05, 4.69) is 10.3 Å². The molecule has 3 aromatic rings. The molecule has 4 rings (SSSR count). The van der Waals surface area contributed by atoms with E-state index in [1.54, 1.807) is 12.1 Å². The molecule has 0 saturated heterocycles. The molecule has 5 nitrogen and oxygen atoms in total. The molecule has 35 heavy (non-hydrogen) atoms. The van der Waals surface area contributed by atoms with Crippen molar-refractivity contribution in [2.24, 2.45) is 0 Å². The molecule has 1 aliphatic rings. The fraction of sp³-hybridized carbons (Fsp3) is 0.269. The van der Waals surface area contributed by atoms with Crippen LogP contribution >= 0.6 is 0 Å². The predicted octanol–water partition coefficient (Wildman–Crippen LogP) is 5.99. The minimum Gasteiger partial charge on any atom is -0.465 e. The van der Waals surface area contributed by atoms with E-state index in [-0.39, 0.29) is 16.9 Å². The number of pyridine rings is 1. The molecule has 0 atom stereocenters. The Balaban J connectivity index is 1.63. The SMILES string of the molecule is CCC(F)(F)c1ccc(-c2ccc(NC(=O)C3(c4ccc(F)c(F)c4)CC3)cc2C(=O)OC)cn1. The number of amides is 1. The van der Waals surface area contributed by atoms with Crippen molar-refractivity contribution in [1.82, 2.24) is 4.98 Å². The van der Waals surface area contributed by atoms with Crippen LogP contribution < -0.4 is 5.32 Å². The summed E-state index contributed by atoms with van der Waals surface area (Å²) in [5.41, 5.74) is 0.195. The first-order valence-electron chi connectivity index (χ1n) is 11.0. The average molecular weight is 486 g/mol. The van der Waals surface area contributed by atoms with Gasteiger partial charge >= 0.3 is 5.97 Å². The summed E-state index contributed by atoms with van der Waals surface area (Å²) in [7, 11) is 1.20. The van der Waals surface area contributed by atoms with Crippen LogP contribution in [0.25, 0.3) is 11.1 Å². The third-order valence-corrected chi connectivity index (χ3v) is 6.23. The lowest BCUT2D eigenvalue weighted by Crippen LogP contribution is -2.28. The van der Waals surface area contributed by atoms with Gasteiger partial charge in [-0.3, -0.25) is 9.78 Å². The number of nitrogens with one attached hydrogen (secondary N) is 1. The number of benzene rings is 2. The molecule has 182 valence electrons. The minimum atomic E-state index is -3.07. The summed E-state index contributed by atoms with van der Waals surface area (Å²) in [6.45, 7) is 1.36. The Hall–Kier alpha value is -3.75. The number of halogens is 4. The van der Waals surface area contributed by atoms with Crippen molar-refractivity contribution in [3.63, 3.8) is 0 Å². The Bertz CT molecular complexity index is 1290. The van der Waals surface area contributed by atoms with Crippen LogP contribution in [-0.2, 0) is 20.9 Å². The van der Waals surface area contributed by atoms with Crippen molar-refractivity contribution in [1.29, 1.82) is 0 Å². The van der Waals surface area contributed by atoms with Crippen LogP contribution in [0, 0.1) is 11.6 Å². The van der Waals surface area contributed by atoms with Gasteiger partial charge in [-0.25, -0.2) is 13.6 Å². The van der Waals surface area contributed by atoms with Gasteiger partial charge in [0.1, 0.15) is 5.69 Å². The van der Waals surface area contributed by atoms with E-state index in [0.717, 1.165) is 12.1 Å². The van der Waals surface area contributed by atoms with Crippen LogP contribution in [0.2, 0.25) is 0 Å². The number of anilines is 1. The number of hydrogen-bond acceptors (Lipinski definition) is 4. The van der Waals surface area contributed by atoms with E-state index in [4.69, 9.17) is 4.74 Å². The van der Waals surface area contributed by atoms with Crippen molar-refractivity contribution >= 4 is 17.6 Å². The monoisotopic (exact) mass is 486 g/mol. The summed E-state index contributed by atoms with van der Waals surface area (Å²) in [6.07, 6.45) is 1.78. The summed E-state index contributed by atoms with van der Waals surface area (Å²) in [6, 6.07) is 10.5. The molecule has 1 fully saturated rings. The Morgan fingerprint density at radius 1 is 1.06 bits per heavy atom. The maximum Gasteiger partial charge on any atom is 0.338 e. The molecule has 1 amide bonds. The molecular weight excluding hydrogens is 464 g/mol. The maximum atomic E-state index is 13.9. The number of ether oxygens (including phenoxy) is 1. The van der Waals surface area contributed by atoms with Crippen LogP contribution in [0.5, 0.6) is 0 Å². The molecule has 1 aromatic heterocycles. The highest BCUT2D eigenvalue weighted by Gasteiger charge is 2.51. The number of carbonyl (C=O) groups excluding carboxylic acids is 2. The fourth-order valence-electron chi connectivity index (χ4n) is 3.92. The molecule has 9 heteroatoms. The second-order valence-corrected chi connectivity index (χ2v) is 8.41. The molecule has 0 bridgehead atoms. The van der Waals surface area contributed by atoms with Crippen LogP contribution in [0.15, 0.2) is 54.7 Å². The third kappa shape index (κ3) is 4.62. The van der Waals surface area contributed by atoms with Gasteiger partial charge in [0.05, 0.1) is 18.1 Å². The quantitative estimate of drug-likeness (QED) is 0.329. The number of carbonyl (C=O) groups is 2. The number of esters is 1. The first-order valence-corrected chi connectivity index (χ1v) is 11.0. The summed E-state index contributed by atoms with van der Waals surface area (Å²) < 4.78 is 59.7. The Labute approximate surface area is 199 Å². The van der Waals surface area contributed by atoms with E-state index in [9.17, 15) is 27.2 Å². The van der Waals surface area contributed by atoms with Crippen LogP contribution in [0.1, 0.15) is 47.8 Å². The van der Waals surface area contributed by atoms with Gasteiger partial charge in [-0.1, -0.05) is 25.1 Å². The summed E-state index contributed by atoms with van der Waals surface area (Å²) >= 11 is 0. The lowest BCUT2D eigenvalue weighted by molar-refractivity contribution is -0.118. The van der Waals surface area contributed by atoms with E-state index in [0.29, 0.717) is 29.5 Å². The molecule has 0 aliphatic heterocycles. The molecule has 0 unspecified atom stereocenters. The summed E-state index contributed by atoms with van der Waals surface area (Å²) in [5.74, 6) is -6.20. The van der Waals surface area contributed by atoms with Crippen LogP contribution in [-0.4, -0.2) is 24.0 Å².